The lowest BCUT2D eigenvalue weighted by Gasteiger charge is -2.14. The minimum absolute atomic E-state index is 0.0836. The standard InChI is InChI=1S/C18H21NO/c1-19(2)18(20)17-14-7-6-12-16(17)13-8-11-15-9-4-3-5-10-15/h3-7,9-10,12,14H,8,11,13H2,1-2H3. The van der Waals surface area contributed by atoms with E-state index in [1.807, 2.05) is 24.3 Å². The molecule has 20 heavy (non-hydrogen) atoms. The summed E-state index contributed by atoms with van der Waals surface area (Å²) in [7, 11) is 3.59. The minimum atomic E-state index is 0.0836. The predicted molar refractivity (Wildman–Crippen MR) is 82.9 cm³/mol. The van der Waals surface area contributed by atoms with Gasteiger partial charge in [-0.15, -0.1) is 0 Å². The predicted octanol–water partition coefficient (Wildman–Crippen LogP) is 3.56. The highest BCUT2D eigenvalue weighted by Gasteiger charge is 2.12. The molecule has 0 aromatic heterocycles. The van der Waals surface area contributed by atoms with Crippen LogP contribution in [0.25, 0.3) is 0 Å². The zero-order valence-electron chi connectivity index (χ0n) is 12.2. The highest BCUT2D eigenvalue weighted by atomic mass is 16.2. The molecule has 0 bridgehead atoms. The molecule has 2 nitrogen and oxygen atoms in total. The molecule has 1 amide bonds. The second kappa shape index (κ2) is 6.90. The summed E-state index contributed by atoms with van der Waals surface area (Å²) in [6, 6.07) is 18.4. The first-order valence-electron chi connectivity index (χ1n) is 7.02. The van der Waals surface area contributed by atoms with Gasteiger partial charge in [0.15, 0.2) is 0 Å². The molecular formula is C18H21NO. The molecule has 0 atom stereocenters. The van der Waals surface area contributed by atoms with E-state index in [2.05, 4.69) is 30.3 Å². The van der Waals surface area contributed by atoms with Crippen LogP contribution in [0.2, 0.25) is 0 Å². The van der Waals surface area contributed by atoms with Crippen molar-refractivity contribution in [2.75, 3.05) is 14.1 Å². The third kappa shape index (κ3) is 3.70. The van der Waals surface area contributed by atoms with Gasteiger partial charge in [-0.2, -0.15) is 0 Å². The normalized spacial score (nSPS) is 10.3. The van der Waals surface area contributed by atoms with Gasteiger partial charge in [0.2, 0.25) is 0 Å². The molecule has 0 unspecified atom stereocenters. The van der Waals surface area contributed by atoms with Gasteiger partial charge in [0, 0.05) is 19.7 Å². The average molecular weight is 267 g/mol. The molecule has 0 spiro atoms. The summed E-state index contributed by atoms with van der Waals surface area (Å²) in [5.41, 5.74) is 3.32. The quantitative estimate of drug-likeness (QED) is 0.811. The molecule has 2 aromatic carbocycles. The van der Waals surface area contributed by atoms with Crippen molar-refractivity contribution >= 4 is 5.91 Å². The van der Waals surface area contributed by atoms with E-state index in [0.29, 0.717) is 0 Å². The Morgan fingerprint density at radius 3 is 2.25 bits per heavy atom. The Kier molecular flexibility index (Phi) is 4.94. The van der Waals surface area contributed by atoms with Gasteiger partial charge >= 0.3 is 0 Å². The molecule has 0 fully saturated rings. The first kappa shape index (κ1) is 14.3. The van der Waals surface area contributed by atoms with E-state index >= 15 is 0 Å². The molecule has 0 aliphatic carbocycles. The van der Waals surface area contributed by atoms with Crippen LogP contribution in [0.1, 0.15) is 27.9 Å². The average Bonchev–Trinajstić information content (AvgIpc) is 2.48. The summed E-state index contributed by atoms with van der Waals surface area (Å²) in [4.78, 5) is 13.8. The number of amides is 1. The van der Waals surface area contributed by atoms with Gasteiger partial charge in [0.05, 0.1) is 0 Å². The number of rotatable bonds is 5. The van der Waals surface area contributed by atoms with Gasteiger partial charge in [-0.05, 0) is 36.5 Å². The van der Waals surface area contributed by atoms with Crippen molar-refractivity contribution in [3.63, 3.8) is 0 Å². The number of carbonyl (C=O) groups is 1. The van der Waals surface area contributed by atoms with Crippen molar-refractivity contribution in [1.29, 1.82) is 0 Å². The molecule has 0 heterocycles. The lowest BCUT2D eigenvalue weighted by Crippen LogP contribution is -2.23. The zero-order chi connectivity index (χ0) is 14.4. The van der Waals surface area contributed by atoms with Crippen LogP contribution in [0.5, 0.6) is 0 Å². The molecule has 0 radical (unpaired) electrons. The summed E-state index contributed by atoms with van der Waals surface area (Å²) in [5.74, 6) is 0.0836. The second-order valence-electron chi connectivity index (χ2n) is 5.20. The summed E-state index contributed by atoms with van der Waals surface area (Å²) in [6.45, 7) is 0. The molecule has 2 heteroatoms. The molecule has 2 aromatic rings. The van der Waals surface area contributed by atoms with Crippen molar-refractivity contribution < 1.29 is 4.79 Å². The Labute approximate surface area is 121 Å². The number of carbonyl (C=O) groups excluding carboxylic acids is 1. The van der Waals surface area contributed by atoms with E-state index in [1.165, 1.54) is 5.56 Å². The molecule has 0 saturated carbocycles. The van der Waals surface area contributed by atoms with E-state index in [1.54, 1.807) is 19.0 Å². The highest BCUT2D eigenvalue weighted by Crippen LogP contribution is 2.14. The van der Waals surface area contributed by atoms with Gasteiger partial charge in [0.25, 0.3) is 5.91 Å². The lowest BCUT2D eigenvalue weighted by molar-refractivity contribution is 0.0826. The smallest absolute Gasteiger partial charge is 0.253 e. The largest absolute Gasteiger partial charge is 0.345 e. The van der Waals surface area contributed by atoms with Crippen LogP contribution >= 0.6 is 0 Å². The monoisotopic (exact) mass is 267 g/mol. The van der Waals surface area contributed by atoms with Crippen molar-refractivity contribution in [2.45, 2.75) is 19.3 Å². The summed E-state index contributed by atoms with van der Waals surface area (Å²) >= 11 is 0. The maximum atomic E-state index is 12.1. The van der Waals surface area contributed by atoms with E-state index in [4.69, 9.17) is 0 Å². The van der Waals surface area contributed by atoms with Gasteiger partial charge in [-0.1, -0.05) is 48.5 Å². The van der Waals surface area contributed by atoms with Crippen LogP contribution in [-0.2, 0) is 12.8 Å². The van der Waals surface area contributed by atoms with Gasteiger partial charge in [0.1, 0.15) is 0 Å². The van der Waals surface area contributed by atoms with Crippen LogP contribution < -0.4 is 0 Å². The number of hydrogen-bond acceptors (Lipinski definition) is 1. The number of hydrogen-bond donors (Lipinski definition) is 0. The van der Waals surface area contributed by atoms with E-state index in [9.17, 15) is 4.79 Å². The lowest BCUT2D eigenvalue weighted by atomic mass is 9.99. The van der Waals surface area contributed by atoms with Crippen LogP contribution in [0.15, 0.2) is 54.6 Å². The van der Waals surface area contributed by atoms with E-state index in [0.717, 1.165) is 30.4 Å². The van der Waals surface area contributed by atoms with Crippen LogP contribution in [0, 0.1) is 0 Å². The summed E-state index contributed by atoms with van der Waals surface area (Å²) in [6.07, 6.45) is 3.04. The summed E-state index contributed by atoms with van der Waals surface area (Å²) < 4.78 is 0. The Morgan fingerprint density at radius 1 is 0.900 bits per heavy atom. The SMILES string of the molecule is CN(C)C(=O)c1ccccc1CCCc1ccccc1. The Balaban J connectivity index is 2.01. The van der Waals surface area contributed by atoms with E-state index in [-0.39, 0.29) is 5.91 Å². The third-order valence-corrected chi connectivity index (χ3v) is 3.41. The van der Waals surface area contributed by atoms with Gasteiger partial charge < -0.3 is 4.90 Å². The molecule has 0 saturated heterocycles. The maximum absolute atomic E-state index is 12.1. The first-order valence-corrected chi connectivity index (χ1v) is 7.02. The van der Waals surface area contributed by atoms with Crippen LogP contribution in [0.3, 0.4) is 0 Å². The number of nitrogens with zero attached hydrogens (tertiary/aromatic N) is 1. The fourth-order valence-corrected chi connectivity index (χ4v) is 2.32. The van der Waals surface area contributed by atoms with Crippen LogP contribution in [0.4, 0.5) is 0 Å². The molecule has 104 valence electrons. The highest BCUT2D eigenvalue weighted by molar-refractivity contribution is 5.95. The van der Waals surface area contributed by atoms with Crippen molar-refractivity contribution in [2.24, 2.45) is 0 Å². The topological polar surface area (TPSA) is 20.3 Å². The number of aryl methyl sites for hydroxylation is 2. The Morgan fingerprint density at radius 2 is 1.55 bits per heavy atom. The Hall–Kier alpha value is -2.09. The van der Waals surface area contributed by atoms with Crippen molar-refractivity contribution in [3.05, 3.63) is 71.3 Å². The minimum Gasteiger partial charge on any atom is -0.345 e. The molecule has 2 rings (SSSR count). The fraction of sp³-hybridized carbons (Fsp3) is 0.278. The van der Waals surface area contributed by atoms with Crippen molar-refractivity contribution in [1.82, 2.24) is 4.90 Å². The van der Waals surface area contributed by atoms with E-state index < -0.39 is 0 Å². The molecule has 0 aliphatic heterocycles. The number of benzene rings is 2. The fourth-order valence-electron chi connectivity index (χ4n) is 2.32. The first-order chi connectivity index (χ1) is 9.68. The molecule has 0 N–H and O–H groups in total. The second-order valence-corrected chi connectivity index (χ2v) is 5.20. The van der Waals surface area contributed by atoms with Gasteiger partial charge in [-0.3, -0.25) is 4.79 Å². The molecule has 0 aliphatic rings. The maximum Gasteiger partial charge on any atom is 0.253 e. The zero-order valence-corrected chi connectivity index (χ0v) is 12.2. The third-order valence-electron chi connectivity index (χ3n) is 3.41. The van der Waals surface area contributed by atoms with Crippen LogP contribution in [-0.4, -0.2) is 24.9 Å². The molecular weight excluding hydrogens is 246 g/mol. The Bertz CT molecular complexity index is 561. The summed E-state index contributed by atoms with van der Waals surface area (Å²) in [5, 5.41) is 0. The van der Waals surface area contributed by atoms with Crippen molar-refractivity contribution in [3.8, 4) is 0 Å². The van der Waals surface area contributed by atoms with Gasteiger partial charge in [-0.25, -0.2) is 0 Å².